The second kappa shape index (κ2) is 11.3. The first-order valence-electron chi connectivity index (χ1n) is 10.9. The number of carbonyl (C=O) groups excluding carboxylic acids is 1. The third kappa shape index (κ3) is 6.22. The molecule has 180 valence electrons. The summed E-state index contributed by atoms with van der Waals surface area (Å²) in [6.45, 7) is 2.21. The van der Waals surface area contributed by atoms with Crippen LogP contribution in [0.3, 0.4) is 0 Å². The molecule has 0 aliphatic heterocycles. The van der Waals surface area contributed by atoms with Crippen molar-refractivity contribution in [3.05, 3.63) is 95.1 Å². The number of benzene rings is 3. The monoisotopic (exact) mass is 481 g/mol. The fourth-order valence-corrected chi connectivity index (χ4v) is 4.97. The maximum atomic E-state index is 13.0. The maximum Gasteiger partial charge on any atom is 0.251 e. The Labute approximate surface area is 201 Å². The number of methoxy groups -OCH3 is 1. The number of ether oxygens (including phenoxy) is 1. The van der Waals surface area contributed by atoms with Gasteiger partial charge < -0.3 is 15.0 Å². The smallest absolute Gasteiger partial charge is 0.251 e. The number of rotatable bonds is 10. The van der Waals surface area contributed by atoms with Crippen LogP contribution in [-0.4, -0.2) is 47.0 Å². The summed E-state index contributed by atoms with van der Waals surface area (Å²) in [5.74, 6) is 0.393. The van der Waals surface area contributed by atoms with Crippen LogP contribution in [0.25, 0.3) is 0 Å². The molecule has 0 radical (unpaired) electrons. The molecule has 1 atom stereocenters. The molecule has 1 amide bonds. The molecule has 0 spiro atoms. The molecule has 0 aliphatic carbocycles. The van der Waals surface area contributed by atoms with Gasteiger partial charge in [-0.3, -0.25) is 4.79 Å². The predicted octanol–water partition coefficient (Wildman–Crippen LogP) is 3.51. The zero-order chi connectivity index (χ0) is 24.7. The Morgan fingerprint density at radius 2 is 1.68 bits per heavy atom. The highest BCUT2D eigenvalue weighted by molar-refractivity contribution is 7.89. The number of sulfonamides is 1. The van der Waals surface area contributed by atoms with Crippen molar-refractivity contribution in [1.29, 1.82) is 0 Å². The molecule has 3 aromatic rings. The minimum absolute atomic E-state index is 0.0879. The first kappa shape index (κ1) is 25.4. The van der Waals surface area contributed by atoms with Crippen molar-refractivity contribution < 1.29 is 17.9 Å². The van der Waals surface area contributed by atoms with Crippen LogP contribution < -0.4 is 14.8 Å². The number of para-hydroxylation sites is 1. The van der Waals surface area contributed by atoms with Crippen LogP contribution in [-0.2, 0) is 16.6 Å². The Hall–Kier alpha value is -3.20. The van der Waals surface area contributed by atoms with Gasteiger partial charge in [0.15, 0.2) is 0 Å². The summed E-state index contributed by atoms with van der Waals surface area (Å²) < 4.78 is 34.0. The summed E-state index contributed by atoms with van der Waals surface area (Å²) in [5, 5.41) is 2.93. The van der Waals surface area contributed by atoms with Crippen LogP contribution in [0.2, 0.25) is 0 Å². The van der Waals surface area contributed by atoms with E-state index in [9.17, 15) is 13.2 Å². The highest BCUT2D eigenvalue weighted by Gasteiger charge is 2.22. The van der Waals surface area contributed by atoms with Gasteiger partial charge in [-0.15, -0.1) is 0 Å². The molecule has 34 heavy (non-hydrogen) atoms. The molecule has 0 saturated heterocycles. The Bertz CT molecular complexity index is 1230. The second-order valence-electron chi connectivity index (χ2n) is 8.22. The number of amides is 1. The van der Waals surface area contributed by atoms with Gasteiger partial charge in [0.2, 0.25) is 10.0 Å². The minimum atomic E-state index is -3.80. The van der Waals surface area contributed by atoms with Gasteiger partial charge in [0.25, 0.3) is 5.91 Å². The van der Waals surface area contributed by atoms with Gasteiger partial charge in [-0.1, -0.05) is 54.6 Å². The summed E-state index contributed by atoms with van der Waals surface area (Å²) in [6, 6.07) is 21.5. The third-order valence-corrected chi connectivity index (χ3v) is 7.17. The summed E-state index contributed by atoms with van der Waals surface area (Å²) in [7, 11) is 1.68. The molecule has 0 saturated carbocycles. The van der Waals surface area contributed by atoms with Crippen molar-refractivity contribution in [2.24, 2.45) is 0 Å². The third-order valence-electron chi connectivity index (χ3n) is 5.63. The van der Waals surface area contributed by atoms with E-state index in [2.05, 4.69) is 10.0 Å². The molecule has 0 aliphatic rings. The average Bonchev–Trinajstić information content (AvgIpc) is 2.83. The van der Waals surface area contributed by atoms with E-state index < -0.39 is 10.0 Å². The van der Waals surface area contributed by atoms with Crippen LogP contribution in [0.1, 0.15) is 33.1 Å². The molecule has 3 aromatic carbocycles. The van der Waals surface area contributed by atoms with Gasteiger partial charge in [0, 0.05) is 24.2 Å². The fraction of sp³-hybridized carbons (Fsp3) is 0.269. The van der Waals surface area contributed by atoms with E-state index in [1.165, 1.54) is 6.07 Å². The SMILES string of the molecule is COc1ccccc1C(CNC(=O)c1ccc(C)c(S(=O)(=O)NCc2ccccc2)c1)N(C)C. The molecule has 3 rings (SSSR count). The van der Waals surface area contributed by atoms with E-state index in [1.807, 2.05) is 73.6 Å². The molecule has 1 unspecified atom stereocenters. The van der Waals surface area contributed by atoms with Gasteiger partial charge in [-0.05, 0) is 50.3 Å². The topological polar surface area (TPSA) is 87.7 Å². The van der Waals surface area contributed by atoms with Crippen LogP contribution in [0, 0.1) is 6.92 Å². The van der Waals surface area contributed by atoms with Crippen molar-refractivity contribution >= 4 is 15.9 Å². The summed E-state index contributed by atoms with van der Waals surface area (Å²) in [4.78, 5) is 15.0. The molecule has 8 heteroatoms. The lowest BCUT2D eigenvalue weighted by atomic mass is 10.0. The van der Waals surface area contributed by atoms with Crippen molar-refractivity contribution in [2.75, 3.05) is 27.7 Å². The minimum Gasteiger partial charge on any atom is -0.496 e. The summed E-state index contributed by atoms with van der Waals surface area (Å²) >= 11 is 0. The van der Waals surface area contributed by atoms with Gasteiger partial charge in [0.05, 0.1) is 18.0 Å². The molecular weight excluding hydrogens is 450 g/mol. The lowest BCUT2D eigenvalue weighted by Gasteiger charge is -2.26. The zero-order valence-electron chi connectivity index (χ0n) is 19.9. The standard InChI is InChI=1S/C26H31N3O4S/c1-19-14-15-21(16-25(19)34(31,32)28-17-20-10-6-5-7-11-20)26(30)27-18-23(29(2)3)22-12-8-9-13-24(22)33-4/h5-16,23,28H,17-18H2,1-4H3,(H,27,30). The van der Waals surface area contributed by atoms with Crippen LogP contribution in [0.4, 0.5) is 0 Å². The van der Waals surface area contributed by atoms with Gasteiger partial charge in [-0.25, -0.2) is 13.1 Å². The molecule has 0 aromatic heterocycles. The first-order valence-corrected chi connectivity index (χ1v) is 12.4. The highest BCUT2D eigenvalue weighted by Crippen LogP contribution is 2.27. The lowest BCUT2D eigenvalue weighted by molar-refractivity contribution is 0.0941. The number of hydrogen-bond donors (Lipinski definition) is 2. The van der Waals surface area contributed by atoms with E-state index in [0.717, 1.165) is 16.9 Å². The first-order chi connectivity index (χ1) is 16.2. The number of nitrogens with one attached hydrogen (secondary N) is 2. The molecule has 2 N–H and O–H groups in total. The van der Waals surface area contributed by atoms with Crippen molar-refractivity contribution in [3.8, 4) is 5.75 Å². The van der Waals surface area contributed by atoms with Crippen molar-refractivity contribution in [2.45, 2.75) is 24.4 Å². The largest absolute Gasteiger partial charge is 0.496 e. The average molecular weight is 482 g/mol. The van der Waals surface area contributed by atoms with Crippen LogP contribution in [0.5, 0.6) is 5.75 Å². The van der Waals surface area contributed by atoms with Gasteiger partial charge >= 0.3 is 0 Å². The fourth-order valence-electron chi connectivity index (χ4n) is 3.69. The van der Waals surface area contributed by atoms with Crippen molar-refractivity contribution in [1.82, 2.24) is 14.9 Å². The van der Waals surface area contributed by atoms with E-state index in [0.29, 0.717) is 12.1 Å². The zero-order valence-corrected chi connectivity index (χ0v) is 20.7. The number of carbonyl (C=O) groups is 1. The Kier molecular flexibility index (Phi) is 8.44. The Morgan fingerprint density at radius 1 is 1.00 bits per heavy atom. The van der Waals surface area contributed by atoms with Gasteiger partial charge in [0.1, 0.15) is 5.75 Å². The normalized spacial score (nSPS) is 12.4. The Balaban J connectivity index is 1.75. The van der Waals surface area contributed by atoms with E-state index in [1.54, 1.807) is 26.2 Å². The van der Waals surface area contributed by atoms with E-state index in [4.69, 9.17) is 4.74 Å². The van der Waals surface area contributed by atoms with E-state index >= 15 is 0 Å². The molecule has 0 fully saturated rings. The van der Waals surface area contributed by atoms with E-state index in [-0.39, 0.29) is 29.0 Å². The summed E-state index contributed by atoms with van der Waals surface area (Å²) in [6.07, 6.45) is 0. The number of nitrogens with zero attached hydrogens (tertiary/aromatic N) is 1. The number of hydrogen-bond acceptors (Lipinski definition) is 5. The highest BCUT2D eigenvalue weighted by atomic mass is 32.2. The quantitative estimate of drug-likeness (QED) is 0.463. The maximum absolute atomic E-state index is 13.0. The predicted molar refractivity (Wildman–Crippen MR) is 133 cm³/mol. The number of aryl methyl sites for hydroxylation is 1. The summed E-state index contributed by atoms with van der Waals surface area (Å²) in [5.41, 5.74) is 2.65. The molecule has 0 heterocycles. The van der Waals surface area contributed by atoms with Crippen LogP contribution >= 0.6 is 0 Å². The lowest BCUT2D eigenvalue weighted by Crippen LogP contribution is -2.35. The number of likely N-dealkylation sites (N-methyl/N-ethyl adjacent to an activating group) is 1. The van der Waals surface area contributed by atoms with Crippen molar-refractivity contribution in [3.63, 3.8) is 0 Å². The Morgan fingerprint density at radius 3 is 2.35 bits per heavy atom. The van der Waals surface area contributed by atoms with Gasteiger partial charge in [-0.2, -0.15) is 0 Å². The molecular formula is C26H31N3O4S. The molecule has 7 nitrogen and oxygen atoms in total. The second-order valence-corrected chi connectivity index (χ2v) is 9.96. The van der Waals surface area contributed by atoms with Crippen LogP contribution in [0.15, 0.2) is 77.7 Å². The molecule has 0 bridgehead atoms.